The Bertz CT molecular complexity index is 449. The van der Waals surface area contributed by atoms with Crippen molar-refractivity contribution in [2.75, 3.05) is 11.1 Å². The minimum absolute atomic E-state index is 0.407. The maximum Gasteiger partial charge on any atom is 0.147 e. The van der Waals surface area contributed by atoms with Crippen molar-refractivity contribution in [2.45, 2.75) is 6.54 Å². The van der Waals surface area contributed by atoms with E-state index in [9.17, 15) is 0 Å². The average molecular weight is 204 g/mol. The van der Waals surface area contributed by atoms with Gasteiger partial charge in [-0.15, -0.1) is 0 Å². The van der Waals surface area contributed by atoms with Gasteiger partial charge in [0.05, 0.1) is 24.6 Å². The lowest BCUT2D eigenvalue weighted by molar-refractivity contribution is 0.720. The van der Waals surface area contributed by atoms with E-state index >= 15 is 0 Å². The summed E-state index contributed by atoms with van der Waals surface area (Å²) in [6.07, 6.45) is 4.89. The zero-order valence-corrected chi connectivity index (χ0v) is 8.38. The van der Waals surface area contributed by atoms with Gasteiger partial charge in [-0.25, -0.2) is 4.98 Å². The van der Waals surface area contributed by atoms with E-state index in [0.717, 1.165) is 5.69 Å². The average Bonchev–Trinajstić information content (AvgIpc) is 2.61. The minimum atomic E-state index is 0.407. The van der Waals surface area contributed by atoms with Crippen molar-refractivity contribution in [3.05, 3.63) is 30.4 Å². The zero-order valence-electron chi connectivity index (χ0n) is 8.38. The fourth-order valence-electron chi connectivity index (χ4n) is 1.22. The van der Waals surface area contributed by atoms with Crippen LogP contribution in [0.3, 0.4) is 0 Å². The van der Waals surface area contributed by atoms with Gasteiger partial charge in [0, 0.05) is 13.2 Å². The fourth-order valence-corrected chi connectivity index (χ4v) is 1.22. The highest BCUT2D eigenvalue weighted by Gasteiger charge is 1.99. The second-order valence-corrected chi connectivity index (χ2v) is 3.13. The van der Waals surface area contributed by atoms with Crippen LogP contribution in [-0.2, 0) is 13.6 Å². The second kappa shape index (κ2) is 3.95. The highest BCUT2D eigenvalue weighted by Crippen LogP contribution is 2.05. The van der Waals surface area contributed by atoms with E-state index in [-0.39, 0.29) is 0 Å². The number of aromatic nitrogens is 4. The van der Waals surface area contributed by atoms with Crippen LogP contribution in [0, 0.1) is 0 Å². The molecule has 0 amide bonds. The molecule has 78 valence electrons. The van der Waals surface area contributed by atoms with Crippen LogP contribution in [0.2, 0.25) is 0 Å². The highest BCUT2D eigenvalue weighted by atomic mass is 15.3. The van der Waals surface area contributed by atoms with Gasteiger partial charge in [0.1, 0.15) is 11.6 Å². The minimum Gasteiger partial charge on any atom is -0.382 e. The number of hydrogen-bond donors (Lipinski definition) is 2. The lowest BCUT2D eigenvalue weighted by atomic mass is 10.4. The van der Waals surface area contributed by atoms with Gasteiger partial charge in [-0.3, -0.25) is 9.67 Å². The third kappa shape index (κ3) is 2.22. The number of nitrogens with one attached hydrogen (secondary N) is 1. The first-order valence-electron chi connectivity index (χ1n) is 4.54. The van der Waals surface area contributed by atoms with E-state index in [1.807, 2.05) is 13.1 Å². The first kappa shape index (κ1) is 9.45. The summed E-state index contributed by atoms with van der Waals surface area (Å²) in [6.45, 7) is 0.647. The van der Waals surface area contributed by atoms with Gasteiger partial charge in [-0.1, -0.05) is 0 Å². The molecule has 0 spiro atoms. The Kier molecular flexibility index (Phi) is 2.49. The summed E-state index contributed by atoms with van der Waals surface area (Å²) in [5, 5.41) is 7.18. The van der Waals surface area contributed by atoms with Crippen LogP contribution in [0.15, 0.2) is 24.7 Å². The molecule has 0 radical (unpaired) electrons. The van der Waals surface area contributed by atoms with Gasteiger partial charge in [-0.05, 0) is 6.07 Å². The largest absolute Gasteiger partial charge is 0.382 e. The SMILES string of the molecule is Cn1nccc1CNc1cncc(N)n1. The molecule has 0 saturated heterocycles. The number of aryl methyl sites for hydroxylation is 1. The normalized spacial score (nSPS) is 10.2. The number of nitrogens with zero attached hydrogens (tertiary/aromatic N) is 4. The molecule has 6 heteroatoms. The lowest BCUT2D eigenvalue weighted by Gasteiger charge is -2.05. The Morgan fingerprint density at radius 2 is 2.33 bits per heavy atom. The van der Waals surface area contributed by atoms with Crippen LogP contribution in [-0.4, -0.2) is 19.7 Å². The summed E-state index contributed by atoms with van der Waals surface area (Å²) in [7, 11) is 1.89. The van der Waals surface area contributed by atoms with Gasteiger partial charge in [0.25, 0.3) is 0 Å². The first-order chi connectivity index (χ1) is 7.25. The number of rotatable bonds is 3. The number of hydrogen-bond acceptors (Lipinski definition) is 5. The van der Waals surface area contributed by atoms with E-state index in [1.165, 1.54) is 6.20 Å². The van der Waals surface area contributed by atoms with Crippen LogP contribution in [0.1, 0.15) is 5.69 Å². The predicted octanol–water partition coefficient (Wildman–Crippen LogP) is 0.404. The molecule has 0 saturated carbocycles. The predicted molar refractivity (Wildman–Crippen MR) is 57.0 cm³/mol. The van der Waals surface area contributed by atoms with E-state index in [0.29, 0.717) is 18.2 Å². The van der Waals surface area contributed by atoms with Crippen LogP contribution >= 0.6 is 0 Å². The molecular weight excluding hydrogens is 192 g/mol. The number of nitrogens with two attached hydrogens (primary N) is 1. The van der Waals surface area contributed by atoms with Gasteiger partial charge in [0.15, 0.2) is 0 Å². The van der Waals surface area contributed by atoms with Crippen molar-refractivity contribution in [3.63, 3.8) is 0 Å². The first-order valence-corrected chi connectivity index (χ1v) is 4.54. The van der Waals surface area contributed by atoms with Gasteiger partial charge in [-0.2, -0.15) is 5.10 Å². The molecule has 0 aliphatic carbocycles. The Hall–Kier alpha value is -2.11. The van der Waals surface area contributed by atoms with Gasteiger partial charge in [0.2, 0.25) is 0 Å². The van der Waals surface area contributed by atoms with E-state index in [4.69, 9.17) is 5.73 Å². The highest BCUT2D eigenvalue weighted by molar-refractivity contribution is 5.38. The van der Waals surface area contributed by atoms with Crippen LogP contribution < -0.4 is 11.1 Å². The number of anilines is 2. The standard InChI is InChI=1S/C9H12N6/c1-15-7(2-3-13-15)4-12-9-6-11-5-8(10)14-9/h2-3,5-6H,4H2,1H3,(H3,10,12,14). The van der Waals surface area contributed by atoms with Crippen LogP contribution in [0.4, 0.5) is 11.6 Å². The molecule has 2 heterocycles. The molecular formula is C9H12N6. The molecule has 0 aromatic carbocycles. The second-order valence-electron chi connectivity index (χ2n) is 3.13. The van der Waals surface area contributed by atoms with Crippen molar-refractivity contribution < 1.29 is 0 Å². The molecule has 6 nitrogen and oxygen atoms in total. The maximum absolute atomic E-state index is 5.51. The smallest absolute Gasteiger partial charge is 0.147 e. The van der Waals surface area contributed by atoms with Crippen molar-refractivity contribution >= 4 is 11.6 Å². The Balaban J connectivity index is 2.02. The zero-order chi connectivity index (χ0) is 10.7. The van der Waals surface area contributed by atoms with Crippen molar-refractivity contribution in [3.8, 4) is 0 Å². The lowest BCUT2D eigenvalue weighted by Crippen LogP contribution is -2.07. The molecule has 2 aromatic rings. The molecule has 0 atom stereocenters. The molecule has 0 aliphatic rings. The maximum atomic E-state index is 5.51. The molecule has 0 aliphatic heterocycles. The Labute approximate surface area is 87.2 Å². The van der Waals surface area contributed by atoms with Crippen molar-refractivity contribution in [1.82, 2.24) is 19.7 Å². The quantitative estimate of drug-likeness (QED) is 0.756. The van der Waals surface area contributed by atoms with Gasteiger partial charge < -0.3 is 11.1 Å². The Morgan fingerprint density at radius 3 is 3.00 bits per heavy atom. The molecule has 0 bridgehead atoms. The Morgan fingerprint density at radius 1 is 1.47 bits per heavy atom. The van der Waals surface area contributed by atoms with Crippen molar-refractivity contribution in [2.24, 2.45) is 7.05 Å². The summed E-state index contributed by atoms with van der Waals surface area (Å²) in [4.78, 5) is 8.01. The molecule has 0 unspecified atom stereocenters. The van der Waals surface area contributed by atoms with E-state index in [1.54, 1.807) is 17.1 Å². The molecule has 15 heavy (non-hydrogen) atoms. The summed E-state index contributed by atoms with van der Waals surface area (Å²) < 4.78 is 1.80. The van der Waals surface area contributed by atoms with Crippen LogP contribution in [0.5, 0.6) is 0 Å². The molecule has 2 aromatic heterocycles. The van der Waals surface area contributed by atoms with Crippen LogP contribution in [0.25, 0.3) is 0 Å². The van der Waals surface area contributed by atoms with Crippen molar-refractivity contribution in [1.29, 1.82) is 0 Å². The fraction of sp³-hybridized carbons (Fsp3) is 0.222. The molecule has 2 rings (SSSR count). The summed E-state index contributed by atoms with van der Waals surface area (Å²) >= 11 is 0. The molecule has 0 fully saturated rings. The third-order valence-electron chi connectivity index (χ3n) is 2.03. The molecule has 3 N–H and O–H groups in total. The monoisotopic (exact) mass is 204 g/mol. The van der Waals surface area contributed by atoms with E-state index < -0.39 is 0 Å². The van der Waals surface area contributed by atoms with Gasteiger partial charge >= 0.3 is 0 Å². The summed E-state index contributed by atoms with van der Waals surface area (Å²) in [6, 6.07) is 1.94. The summed E-state index contributed by atoms with van der Waals surface area (Å²) in [5.74, 6) is 1.07. The summed E-state index contributed by atoms with van der Waals surface area (Å²) in [5.41, 5.74) is 6.58. The van der Waals surface area contributed by atoms with E-state index in [2.05, 4.69) is 20.4 Å². The third-order valence-corrected chi connectivity index (χ3v) is 2.03. The number of nitrogen functional groups attached to an aromatic ring is 1. The topological polar surface area (TPSA) is 81.7 Å².